The second-order valence-corrected chi connectivity index (χ2v) is 6.44. The molecule has 7 nitrogen and oxygen atoms in total. The van der Waals surface area contributed by atoms with Gasteiger partial charge in [-0.3, -0.25) is 4.79 Å². The van der Waals surface area contributed by atoms with Crippen LogP contribution < -0.4 is 14.8 Å². The zero-order chi connectivity index (χ0) is 22.1. The minimum atomic E-state index is -3.73. The number of carbonyl (C=O) groups is 1. The van der Waals surface area contributed by atoms with Gasteiger partial charge >= 0.3 is 6.29 Å². The Bertz CT molecular complexity index is 1060. The minimum Gasteiger partial charge on any atom is -0.395 e. The number of nitrogens with one attached hydrogen (secondary N) is 1. The van der Waals surface area contributed by atoms with Gasteiger partial charge in [-0.15, -0.1) is 8.78 Å². The molecule has 0 saturated heterocycles. The molecular formula is C20H18ClF2N3O4. The molecule has 1 aliphatic heterocycles. The topological polar surface area (TPSA) is 86.5 Å². The Labute approximate surface area is 175 Å². The van der Waals surface area contributed by atoms with Gasteiger partial charge in [0.15, 0.2) is 11.5 Å². The number of alkyl halides is 2. The Morgan fingerprint density at radius 2 is 1.80 bits per heavy atom. The summed E-state index contributed by atoms with van der Waals surface area (Å²) in [5.41, 5.74) is 1.78. The van der Waals surface area contributed by atoms with Crippen molar-refractivity contribution in [2.45, 2.75) is 34.0 Å². The molecule has 3 heterocycles. The van der Waals surface area contributed by atoms with Gasteiger partial charge in [-0.05, 0) is 32.0 Å². The van der Waals surface area contributed by atoms with E-state index in [1.165, 1.54) is 18.3 Å². The third-order valence-corrected chi connectivity index (χ3v) is 4.38. The average Bonchev–Trinajstić information content (AvgIpc) is 3.19. The molecule has 3 aromatic rings. The van der Waals surface area contributed by atoms with Crippen molar-refractivity contribution in [1.29, 1.82) is 0 Å². The van der Waals surface area contributed by atoms with E-state index in [-0.39, 0.29) is 22.3 Å². The molecule has 0 spiro atoms. The van der Waals surface area contributed by atoms with Crippen LogP contribution in [0.3, 0.4) is 0 Å². The van der Waals surface area contributed by atoms with Crippen molar-refractivity contribution in [3.05, 3.63) is 52.5 Å². The van der Waals surface area contributed by atoms with Crippen LogP contribution in [0.15, 0.2) is 35.0 Å². The van der Waals surface area contributed by atoms with Crippen molar-refractivity contribution in [3.63, 3.8) is 0 Å². The molecule has 10 heteroatoms. The van der Waals surface area contributed by atoms with Crippen molar-refractivity contribution < 1.29 is 27.6 Å². The molecule has 4 rings (SSSR count). The van der Waals surface area contributed by atoms with Crippen LogP contribution in [0.1, 0.15) is 35.7 Å². The van der Waals surface area contributed by atoms with E-state index >= 15 is 0 Å². The molecule has 1 amide bonds. The van der Waals surface area contributed by atoms with E-state index < -0.39 is 12.2 Å². The second-order valence-electron chi connectivity index (χ2n) is 6.03. The summed E-state index contributed by atoms with van der Waals surface area (Å²) in [7, 11) is 0. The maximum Gasteiger partial charge on any atom is 0.586 e. The number of benzene rings is 1. The Hall–Kier alpha value is -3.20. The molecule has 0 bridgehead atoms. The number of amides is 1. The van der Waals surface area contributed by atoms with Crippen molar-refractivity contribution >= 4 is 23.3 Å². The fourth-order valence-corrected chi connectivity index (χ4v) is 3.07. The van der Waals surface area contributed by atoms with E-state index in [0.717, 1.165) is 0 Å². The summed E-state index contributed by atoms with van der Waals surface area (Å²) in [4.78, 5) is 16.5. The van der Waals surface area contributed by atoms with E-state index in [9.17, 15) is 13.6 Å². The Balaban J connectivity index is 0.00000124. The number of hydrogen-bond donors (Lipinski definition) is 1. The maximum atomic E-state index is 13.2. The third-order valence-electron chi connectivity index (χ3n) is 4.07. The van der Waals surface area contributed by atoms with Crippen LogP contribution >= 0.6 is 11.6 Å². The lowest BCUT2D eigenvalue weighted by Crippen LogP contribution is -2.25. The number of fused-ring (bicyclic) bond motifs is 1. The van der Waals surface area contributed by atoms with E-state index in [0.29, 0.717) is 28.1 Å². The zero-order valence-corrected chi connectivity index (χ0v) is 17.3. The van der Waals surface area contributed by atoms with E-state index in [2.05, 4.69) is 24.9 Å². The fraction of sp³-hybridized carbons (Fsp3) is 0.250. The molecule has 158 valence electrons. The average molecular weight is 438 g/mol. The Kier molecular flexibility index (Phi) is 5.93. The Morgan fingerprint density at radius 3 is 2.37 bits per heavy atom. The van der Waals surface area contributed by atoms with Gasteiger partial charge in [0.1, 0.15) is 17.1 Å². The van der Waals surface area contributed by atoms with Gasteiger partial charge in [-0.2, -0.15) is 0 Å². The van der Waals surface area contributed by atoms with Gasteiger partial charge in [-0.25, -0.2) is 4.98 Å². The quantitative estimate of drug-likeness (QED) is 0.573. The fourth-order valence-electron chi connectivity index (χ4n) is 2.81. The lowest BCUT2D eigenvalue weighted by molar-refractivity contribution is -0.286. The largest absolute Gasteiger partial charge is 0.586 e. The van der Waals surface area contributed by atoms with Crippen LogP contribution in [0.4, 0.5) is 14.6 Å². The van der Waals surface area contributed by atoms with Gasteiger partial charge in [0.05, 0.1) is 10.7 Å². The number of pyridine rings is 1. The van der Waals surface area contributed by atoms with Crippen molar-refractivity contribution in [2.24, 2.45) is 0 Å². The van der Waals surface area contributed by atoms with Gasteiger partial charge in [-0.1, -0.05) is 30.6 Å². The minimum absolute atomic E-state index is 0.125. The van der Waals surface area contributed by atoms with Crippen LogP contribution in [-0.4, -0.2) is 22.3 Å². The molecule has 0 fully saturated rings. The highest BCUT2D eigenvalue weighted by molar-refractivity contribution is 6.33. The summed E-state index contributed by atoms with van der Waals surface area (Å²) in [6, 6.07) is 5.79. The second kappa shape index (κ2) is 8.27. The molecular weight excluding hydrogens is 420 g/mol. The number of hydrogen-bond acceptors (Lipinski definition) is 6. The highest BCUT2D eigenvalue weighted by atomic mass is 35.5. The van der Waals surface area contributed by atoms with Crippen molar-refractivity contribution in [3.8, 4) is 22.6 Å². The number of carbonyl (C=O) groups excluding carboxylic acids is 1. The number of halogens is 3. The molecule has 0 radical (unpaired) electrons. The lowest BCUT2D eigenvalue weighted by Gasteiger charge is -2.08. The molecule has 1 aliphatic rings. The monoisotopic (exact) mass is 437 g/mol. The first kappa shape index (κ1) is 21.5. The molecule has 0 atom stereocenters. The molecule has 2 aromatic heterocycles. The molecule has 0 unspecified atom stereocenters. The highest BCUT2D eigenvalue weighted by Crippen LogP contribution is 2.46. The van der Waals surface area contributed by atoms with E-state index in [1.54, 1.807) is 26.0 Å². The van der Waals surface area contributed by atoms with Crippen LogP contribution in [0, 0.1) is 13.8 Å². The summed E-state index contributed by atoms with van der Waals surface area (Å²) in [5.74, 6) is 0.0165. The van der Waals surface area contributed by atoms with Crippen molar-refractivity contribution in [1.82, 2.24) is 10.1 Å². The smallest absolute Gasteiger partial charge is 0.395 e. The van der Waals surface area contributed by atoms with E-state index in [4.69, 9.17) is 16.1 Å². The number of ether oxygens (including phenoxy) is 2. The van der Waals surface area contributed by atoms with Crippen LogP contribution in [0.25, 0.3) is 11.1 Å². The van der Waals surface area contributed by atoms with Gasteiger partial charge in [0.25, 0.3) is 5.91 Å². The zero-order valence-electron chi connectivity index (χ0n) is 16.5. The summed E-state index contributed by atoms with van der Waals surface area (Å²) in [6.45, 7) is 7.30. The molecule has 1 N–H and O–H groups in total. The molecule has 0 aliphatic carbocycles. The summed E-state index contributed by atoms with van der Waals surface area (Å²) in [5, 5.41) is 6.57. The molecule has 30 heavy (non-hydrogen) atoms. The first-order valence-electron chi connectivity index (χ1n) is 9.03. The predicted octanol–water partition coefficient (Wildman–Crippen LogP) is 5.61. The number of aromatic nitrogens is 2. The number of rotatable bonds is 3. The summed E-state index contributed by atoms with van der Waals surface area (Å²) < 4.78 is 40.2. The van der Waals surface area contributed by atoms with Crippen molar-refractivity contribution in [2.75, 3.05) is 5.32 Å². The molecule has 1 aromatic carbocycles. The Morgan fingerprint density at radius 1 is 1.13 bits per heavy atom. The standard InChI is InChI=1S/C18H12ClF2N3O4.C2H6/c1-8-16(9(2)28-24-8)17(25)23-15-4-3-10(7-22-15)11-5-13-14(6-12(11)19)27-18(20,21)26-13;1-2/h3-7H,1-2H3,(H,22,23,25);1-2H3. The normalized spacial score (nSPS) is 13.4. The summed E-state index contributed by atoms with van der Waals surface area (Å²) >= 11 is 6.17. The van der Waals surface area contributed by atoms with Gasteiger partial charge in [0.2, 0.25) is 0 Å². The van der Waals surface area contributed by atoms with Crippen LogP contribution in [0.5, 0.6) is 11.5 Å². The van der Waals surface area contributed by atoms with Gasteiger partial charge in [0, 0.05) is 23.4 Å². The van der Waals surface area contributed by atoms with Crippen LogP contribution in [0.2, 0.25) is 5.02 Å². The highest BCUT2D eigenvalue weighted by Gasteiger charge is 2.43. The van der Waals surface area contributed by atoms with E-state index in [1.807, 2.05) is 13.8 Å². The number of anilines is 1. The third kappa shape index (κ3) is 4.20. The number of nitrogens with zero attached hydrogens (tertiary/aromatic N) is 2. The molecule has 0 saturated carbocycles. The van der Waals surface area contributed by atoms with Crippen LogP contribution in [-0.2, 0) is 0 Å². The SMILES string of the molecule is CC.Cc1noc(C)c1C(=O)Nc1ccc(-c2cc3c(cc2Cl)OC(F)(F)O3)cn1. The first-order chi connectivity index (χ1) is 14.2. The van der Waals surface area contributed by atoms with Gasteiger partial charge < -0.3 is 19.3 Å². The summed E-state index contributed by atoms with van der Waals surface area (Å²) in [6.07, 6.45) is -2.28. The maximum absolute atomic E-state index is 13.2. The first-order valence-corrected chi connectivity index (χ1v) is 9.41. The lowest BCUT2D eigenvalue weighted by atomic mass is 10.1. The number of aryl methyl sites for hydroxylation is 2. The predicted molar refractivity (Wildman–Crippen MR) is 106 cm³/mol.